The van der Waals surface area contributed by atoms with Crippen LogP contribution in [0, 0.1) is 5.92 Å². The molecule has 3 N–H and O–H groups in total. The van der Waals surface area contributed by atoms with Gasteiger partial charge in [0.15, 0.2) is 0 Å². The summed E-state index contributed by atoms with van der Waals surface area (Å²) in [7, 11) is 0. The molecule has 4 heteroatoms. The van der Waals surface area contributed by atoms with E-state index in [0.717, 1.165) is 29.7 Å². The second-order valence-corrected chi connectivity index (χ2v) is 8.43. The highest BCUT2D eigenvalue weighted by molar-refractivity contribution is 5.91. The second kappa shape index (κ2) is 7.96. The van der Waals surface area contributed by atoms with E-state index in [9.17, 15) is 9.90 Å². The average Bonchev–Trinajstić information content (AvgIpc) is 3.29. The lowest BCUT2D eigenvalue weighted by molar-refractivity contribution is 0.187. The van der Waals surface area contributed by atoms with Gasteiger partial charge in [-0.2, -0.15) is 0 Å². The van der Waals surface area contributed by atoms with Crippen LogP contribution >= 0.6 is 0 Å². The van der Waals surface area contributed by atoms with Crippen LogP contribution < -0.4 is 10.6 Å². The van der Waals surface area contributed by atoms with Crippen molar-refractivity contribution in [3.63, 3.8) is 0 Å². The maximum atomic E-state index is 13.0. The molecule has 3 atom stereocenters. The zero-order valence-corrected chi connectivity index (χ0v) is 16.8. The van der Waals surface area contributed by atoms with Gasteiger partial charge in [0.25, 0.3) is 0 Å². The summed E-state index contributed by atoms with van der Waals surface area (Å²) < 4.78 is 0. The summed E-state index contributed by atoms with van der Waals surface area (Å²) in [6.07, 6.45) is 2.77. The van der Waals surface area contributed by atoms with Crippen molar-refractivity contribution in [2.45, 2.75) is 37.8 Å². The Labute approximate surface area is 177 Å². The Morgan fingerprint density at radius 2 is 1.63 bits per heavy atom. The molecule has 0 saturated heterocycles. The van der Waals surface area contributed by atoms with Crippen LogP contribution in [0.4, 0.5) is 10.5 Å². The zero-order valence-electron chi connectivity index (χ0n) is 16.8. The summed E-state index contributed by atoms with van der Waals surface area (Å²) in [5.74, 6) is 0.318. The molecule has 0 saturated carbocycles. The van der Waals surface area contributed by atoms with Crippen LogP contribution in [0.15, 0.2) is 72.8 Å². The lowest BCUT2D eigenvalue weighted by Crippen LogP contribution is -2.35. The van der Waals surface area contributed by atoms with E-state index in [1.165, 1.54) is 16.7 Å². The molecule has 0 bridgehead atoms. The first kappa shape index (κ1) is 18.9. The van der Waals surface area contributed by atoms with E-state index in [4.69, 9.17) is 0 Å². The number of benzene rings is 3. The van der Waals surface area contributed by atoms with Gasteiger partial charge in [0.1, 0.15) is 0 Å². The van der Waals surface area contributed by atoms with Crippen molar-refractivity contribution in [2.24, 2.45) is 5.92 Å². The van der Waals surface area contributed by atoms with Crippen molar-refractivity contribution < 1.29 is 9.90 Å². The smallest absolute Gasteiger partial charge is 0.319 e. The van der Waals surface area contributed by atoms with Gasteiger partial charge >= 0.3 is 6.03 Å². The standard InChI is InChI=1S/C26H26N2O2/c29-21-15-19-10-6-12-24(23(19)16-21)27-26(30)28-25-20(13-17-7-2-1-3-8-17)14-18-9-4-5-11-22(18)25/h1-12,20-21,25,29H,13-16H2,(H2,27,28,30). The Bertz CT molecular complexity index is 1060. The summed E-state index contributed by atoms with van der Waals surface area (Å²) in [5.41, 5.74) is 6.78. The predicted molar refractivity (Wildman–Crippen MR) is 119 cm³/mol. The zero-order chi connectivity index (χ0) is 20.5. The molecule has 3 aromatic rings. The molecule has 2 aliphatic carbocycles. The van der Waals surface area contributed by atoms with E-state index in [-0.39, 0.29) is 18.2 Å². The predicted octanol–water partition coefficient (Wildman–Crippen LogP) is 4.42. The van der Waals surface area contributed by atoms with Crippen LogP contribution in [0.3, 0.4) is 0 Å². The molecule has 2 aliphatic rings. The number of fused-ring (bicyclic) bond motifs is 2. The quantitative estimate of drug-likeness (QED) is 0.609. The van der Waals surface area contributed by atoms with Crippen LogP contribution in [0.2, 0.25) is 0 Å². The van der Waals surface area contributed by atoms with Gasteiger partial charge in [-0.15, -0.1) is 0 Å². The van der Waals surface area contributed by atoms with Crippen molar-refractivity contribution in [1.29, 1.82) is 0 Å². The van der Waals surface area contributed by atoms with Crippen molar-refractivity contribution >= 4 is 11.7 Å². The van der Waals surface area contributed by atoms with E-state index >= 15 is 0 Å². The number of urea groups is 1. The molecule has 3 unspecified atom stereocenters. The minimum absolute atomic E-state index is 0.0243. The number of aliphatic hydroxyl groups excluding tert-OH is 1. The van der Waals surface area contributed by atoms with Crippen molar-refractivity contribution in [1.82, 2.24) is 5.32 Å². The third-order valence-electron chi connectivity index (χ3n) is 6.39. The molecule has 152 valence electrons. The Morgan fingerprint density at radius 3 is 2.50 bits per heavy atom. The number of carbonyl (C=O) groups is 1. The number of hydrogen-bond acceptors (Lipinski definition) is 2. The molecule has 0 heterocycles. The third-order valence-corrected chi connectivity index (χ3v) is 6.39. The molecular formula is C26H26N2O2. The monoisotopic (exact) mass is 398 g/mol. The number of amides is 2. The molecule has 0 radical (unpaired) electrons. The largest absolute Gasteiger partial charge is 0.392 e. The van der Waals surface area contributed by atoms with Crippen LogP contribution in [-0.2, 0) is 25.7 Å². The number of nitrogens with one attached hydrogen (secondary N) is 2. The minimum Gasteiger partial charge on any atom is -0.392 e. The van der Waals surface area contributed by atoms with Gasteiger partial charge in [0.2, 0.25) is 0 Å². The lowest BCUT2D eigenvalue weighted by Gasteiger charge is -2.23. The highest BCUT2D eigenvalue weighted by atomic mass is 16.3. The van der Waals surface area contributed by atoms with Crippen LogP contribution in [0.1, 0.15) is 33.9 Å². The van der Waals surface area contributed by atoms with Crippen LogP contribution in [-0.4, -0.2) is 17.2 Å². The summed E-state index contributed by atoms with van der Waals surface area (Å²) in [4.78, 5) is 13.0. The Hall–Kier alpha value is -3.11. The Morgan fingerprint density at radius 1 is 0.867 bits per heavy atom. The van der Waals surface area contributed by atoms with Gasteiger partial charge in [-0.1, -0.05) is 66.7 Å². The number of hydrogen-bond donors (Lipinski definition) is 3. The highest BCUT2D eigenvalue weighted by Crippen LogP contribution is 2.38. The first-order valence-electron chi connectivity index (χ1n) is 10.7. The first-order valence-corrected chi connectivity index (χ1v) is 10.7. The minimum atomic E-state index is -0.358. The van der Waals surface area contributed by atoms with E-state index in [2.05, 4.69) is 53.1 Å². The normalized spacial score (nSPS) is 21.7. The Balaban J connectivity index is 1.35. The fourth-order valence-electron chi connectivity index (χ4n) is 5.03. The van der Waals surface area contributed by atoms with Crippen LogP contribution in [0.5, 0.6) is 0 Å². The van der Waals surface area contributed by atoms with Gasteiger partial charge in [-0.05, 0) is 59.1 Å². The maximum Gasteiger partial charge on any atom is 0.319 e. The molecule has 2 amide bonds. The summed E-state index contributed by atoms with van der Waals surface area (Å²) in [6, 6.07) is 24.5. The molecule has 0 aromatic heterocycles. The number of aliphatic hydroxyl groups is 1. The van der Waals surface area contributed by atoms with Gasteiger partial charge in [-0.25, -0.2) is 4.79 Å². The average molecular weight is 399 g/mol. The SMILES string of the molecule is O=C(Nc1cccc2c1CC(O)C2)NC1c2ccccc2CC1Cc1ccccc1. The number of rotatable bonds is 4. The molecular weight excluding hydrogens is 372 g/mol. The topological polar surface area (TPSA) is 61.4 Å². The third kappa shape index (κ3) is 3.71. The van der Waals surface area contributed by atoms with Gasteiger partial charge in [-0.3, -0.25) is 0 Å². The molecule has 30 heavy (non-hydrogen) atoms. The molecule has 0 spiro atoms. The summed E-state index contributed by atoms with van der Waals surface area (Å²) in [5, 5.41) is 16.3. The Kier molecular flexibility index (Phi) is 5.01. The van der Waals surface area contributed by atoms with Gasteiger partial charge < -0.3 is 15.7 Å². The first-order chi connectivity index (χ1) is 14.7. The maximum absolute atomic E-state index is 13.0. The highest BCUT2D eigenvalue weighted by Gasteiger charge is 2.33. The second-order valence-electron chi connectivity index (χ2n) is 8.43. The van der Waals surface area contributed by atoms with E-state index in [1.807, 2.05) is 30.3 Å². The lowest BCUT2D eigenvalue weighted by atomic mass is 9.93. The van der Waals surface area contributed by atoms with E-state index in [1.54, 1.807) is 0 Å². The fraction of sp³-hybridized carbons (Fsp3) is 0.269. The van der Waals surface area contributed by atoms with Gasteiger partial charge in [0.05, 0.1) is 12.1 Å². The van der Waals surface area contributed by atoms with Crippen molar-refractivity contribution in [2.75, 3.05) is 5.32 Å². The number of carbonyl (C=O) groups excluding carboxylic acids is 1. The molecule has 4 nitrogen and oxygen atoms in total. The molecule has 0 aliphatic heterocycles. The van der Waals surface area contributed by atoms with Gasteiger partial charge in [0, 0.05) is 12.1 Å². The number of anilines is 1. The van der Waals surface area contributed by atoms with E-state index < -0.39 is 0 Å². The summed E-state index contributed by atoms with van der Waals surface area (Å²) in [6.45, 7) is 0. The summed E-state index contributed by atoms with van der Waals surface area (Å²) >= 11 is 0. The van der Waals surface area contributed by atoms with E-state index in [0.29, 0.717) is 18.8 Å². The molecule has 5 rings (SSSR count). The van der Waals surface area contributed by atoms with Crippen molar-refractivity contribution in [3.8, 4) is 0 Å². The molecule has 3 aromatic carbocycles. The molecule has 0 fully saturated rings. The van der Waals surface area contributed by atoms with Crippen molar-refractivity contribution in [3.05, 3.63) is 101 Å². The fourth-order valence-corrected chi connectivity index (χ4v) is 5.03. The van der Waals surface area contributed by atoms with Crippen LogP contribution in [0.25, 0.3) is 0 Å².